The predicted octanol–water partition coefficient (Wildman–Crippen LogP) is -1.62. The van der Waals surface area contributed by atoms with Gasteiger partial charge in [0.25, 0.3) is 0 Å². The first-order valence-electron chi connectivity index (χ1n) is 1.80. The van der Waals surface area contributed by atoms with Gasteiger partial charge in [0.15, 0.2) is 0 Å². The fraction of sp³-hybridized carbons (Fsp3) is 1.00. The van der Waals surface area contributed by atoms with Gasteiger partial charge in [-0.15, -0.1) is 0 Å². The molecule has 0 aliphatic heterocycles. The quantitative estimate of drug-likeness (QED) is 0.298. The van der Waals surface area contributed by atoms with Gasteiger partial charge in [-0.2, -0.15) is 0 Å². The summed E-state index contributed by atoms with van der Waals surface area (Å²) in [6.45, 7) is -0.357. The molecule has 0 aromatic heterocycles. The molecule has 0 aliphatic carbocycles. The summed E-state index contributed by atoms with van der Waals surface area (Å²) < 4.78 is 0. The van der Waals surface area contributed by atoms with Gasteiger partial charge < -0.3 is 10.3 Å². The molecule has 0 radical (unpaired) electrons. The summed E-state index contributed by atoms with van der Waals surface area (Å²) in [5, 5.41) is 18.2. The Labute approximate surface area is 41.4 Å². The van der Waals surface area contributed by atoms with Crippen LogP contribution in [0.25, 0.3) is 0 Å². The van der Waals surface area contributed by atoms with Crippen LogP contribution in [0.4, 0.5) is 0 Å². The van der Waals surface area contributed by atoms with Crippen molar-refractivity contribution in [2.24, 2.45) is 0 Å². The first kappa shape index (κ1) is 6.80. The van der Waals surface area contributed by atoms with E-state index >= 15 is 0 Å². The molecular weight excluding hydrogens is 98.0 g/mol. The van der Waals surface area contributed by atoms with Crippen molar-refractivity contribution in [2.75, 3.05) is 13.8 Å². The number of hydrazine groups is 2. The molecule has 5 heteroatoms. The molecule has 0 saturated carbocycles. The van der Waals surface area contributed by atoms with Gasteiger partial charge in [0.1, 0.15) is 6.73 Å². The Bertz CT molecular complexity index is 41.9. The van der Waals surface area contributed by atoms with Crippen molar-refractivity contribution in [2.45, 2.75) is 0 Å². The van der Waals surface area contributed by atoms with E-state index in [4.69, 9.17) is 5.11 Å². The standard InChI is InChI=1S/C2H8N3O2/c1-3-5(7)4-2-6/h3-4,6H,2H2,1H3/q-1. The van der Waals surface area contributed by atoms with Crippen molar-refractivity contribution in [1.29, 1.82) is 0 Å². The van der Waals surface area contributed by atoms with Crippen molar-refractivity contribution < 1.29 is 5.11 Å². The van der Waals surface area contributed by atoms with E-state index < -0.39 is 0 Å². The number of nitrogens with one attached hydrogen (secondary N) is 2. The fourth-order valence-electron chi connectivity index (χ4n) is 0.143. The molecule has 0 unspecified atom stereocenters. The van der Waals surface area contributed by atoms with Crippen molar-refractivity contribution in [3.63, 3.8) is 0 Å². The number of aliphatic hydroxyl groups is 1. The van der Waals surface area contributed by atoms with Crippen LogP contribution in [-0.2, 0) is 0 Å². The van der Waals surface area contributed by atoms with Crippen LogP contribution in [0.3, 0.4) is 0 Å². The van der Waals surface area contributed by atoms with Crippen LogP contribution >= 0.6 is 0 Å². The van der Waals surface area contributed by atoms with E-state index in [9.17, 15) is 5.21 Å². The summed E-state index contributed by atoms with van der Waals surface area (Å²) in [5.41, 5.74) is 4.19. The lowest BCUT2D eigenvalue weighted by atomic mass is 11.3. The Hall–Kier alpha value is -0.200. The molecule has 0 rings (SSSR count). The van der Waals surface area contributed by atoms with Gasteiger partial charge in [0.2, 0.25) is 0 Å². The van der Waals surface area contributed by atoms with Gasteiger partial charge in [-0.1, -0.05) is 0 Å². The van der Waals surface area contributed by atoms with Gasteiger partial charge in [-0.3, -0.25) is 10.7 Å². The topological polar surface area (TPSA) is 70.6 Å². The van der Waals surface area contributed by atoms with E-state index in [0.29, 0.717) is 5.28 Å². The summed E-state index contributed by atoms with van der Waals surface area (Å²) in [6, 6.07) is 0. The molecule has 44 valence electrons. The number of hydrogen-bond acceptors (Lipinski definition) is 5. The van der Waals surface area contributed by atoms with Crippen LogP contribution < -0.4 is 10.9 Å². The third-order valence-electron chi connectivity index (χ3n) is 0.417. The zero-order valence-corrected chi connectivity index (χ0v) is 4.01. The molecule has 0 bridgehead atoms. The summed E-state index contributed by atoms with van der Waals surface area (Å²) >= 11 is 0. The van der Waals surface area contributed by atoms with Crippen molar-refractivity contribution in [1.82, 2.24) is 16.1 Å². The summed E-state index contributed by atoms with van der Waals surface area (Å²) in [5.74, 6) is 0. The minimum atomic E-state index is -0.357. The number of rotatable bonds is 3. The molecule has 0 amide bonds. The van der Waals surface area contributed by atoms with Gasteiger partial charge in [-0.05, 0) is 7.05 Å². The average molecular weight is 106 g/mol. The van der Waals surface area contributed by atoms with E-state index in [1.54, 1.807) is 0 Å². The van der Waals surface area contributed by atoms with Gasteiger partial charge in [-0.25, -0.2) is 5.43 Å². The summed E-state index contributed by atoms with van der Waals surface area (Å²) in [6.07, 6.45) is 0. The largest absolute Gasteiger partial charge is 0.758 e. The van der Waals surface area contributed by atoms with Crippen molar-refractivity contribution >= 4 is 0 Å². The third-order valence-corrected chi connectivity index (χ3v) is 0.417. The maximum Gasteiger partial charge on any atom is 0.106 e. The second kappa shape index (κ2) is 3.97. The Balaban J connectivity index is 2.83. The van der Waals surface area contributed by atoms with Crippen LogP contribution in [0, 0.1) is 5.21 Å². The highest BCUT2D eigenvalue weighted by Crippen LogP contribution is 1.58. The molecule has 0 aliphatic rings. The molecule has 0 aromatic rings. The highest BCUT2D eigenvalue weighted by molar-refractivity contribution is 4.31. The van der Waals surface area contributed by atoms with Gasteiger partial charge >= 0.3 is 0 Å². The second-order valence-electron chi connectivity index (χ2n) is 0.834. The van der Waals surface area contributed by atoms with E-state index in [2.05, 4.69) is 5.43 Å². The lowest BCUT2D eigenvalue weighted by molar-refractivity contribution is 0.121. The average Bonchev–Trinajstić information content (AvgIpc) is 1.68. The lowest BCUT2D eigenvalue weighted by Gasteiger charge is -2.25. The normalized spacial score (nSPS) is 10.3. The molecule has 0 heterocycles. The molecule has 7 heavy (non-hydrogen) atoms. The maximum atomic E-state index is 9.95. The number of hydrogen-bond donors (Lipinski definition) is 3. The molecule has 0 fully saturated rings. The minimum Gasteiger partial charge on any atom is -0.758 e. The fourth-order valence-corrected chi connectivity index (χ4v) is 0.143. The van der Waals surface area contributed by atoms with E-state index in [1.165, 1.54) is 7.05 Å². The zero-order valence-electron chi connectivity index (χ0n) is 4.01. The van der Waals surface area contributed by atoms with Crippen molar-refractivity contribution in [3.05, 3.63) is 5.21 Å². The first-order chi connectivity index (χ1) is 3.31. The summed E-state index contributed by atoms with van der Waals surface area (Å²) in [4.78, 5) is 0. The molecular formula is C2H8N3O2-. The van der Waals surface area contributed by atoms with E-state index in [-0.39, 0.29) is 6.73 Å². The van der Waals surface area contributed by atoms with Crippen LogP contribution in [0.1, 0.15) is 0 Å². The van der Waals surface area contributed by atoms with Gasteiger partial charge in [0.05, 0.1) is 0 Å². The van der Waals surface area contributed by atoms with Crippen molar-refractivity contribution in [3.8, 4) is 0 Å². The lowest BCUT2D eigenvalue weighted by Crippen LogP contribution is -2.41. The predicted molar refractivity (Wildman–Crippen MR) is 24.5 cm³/mol. The van der Waals surface area contributed by atoms with Crippen LogP contribution in [0.2, 0.25) is 0 Å². The highest BCUT2D eigenvalue weighted by atomic mass is 16.6. The van der Waals surface area contributed by atoms with E-state index in [0.717, 1.165) is 0 Å². The van der Waals surface area contributed by atoms with Crippen LogP contribution in [0.15, 0.2) is 0 Å². The van der Waals surface area contributed by atoms with Gasteiger partial charge in [0, 0.05) is 0 Å². The second-order valence-corrected chi connectivity index (χ2v) is 0.834. The van der Waals surface area contributed by atoms with E-state index in [1.807, 2.05) is 5.43 Å². The summed E-state index contributed by atoms with van der Waals surface area (Å²) in [7, 11) is 1.44. The SMILES string of the molecule is CNN([O-])NCO. The maximum absolute atomic E-state index is 9.95. The van der Waals surface area contributed by atoms with Crippen LogP contribution in [0.5, 0.6) is 0 Å². The molecule has 0 atom stereocenters. The first-order valence-corrected chi connectivity index (χ1v) is 1.80. The number of aliphatic hydroxyl groups excluding tert-OH is 1. The molecule has 3 N–H and O–H groups in total. The Kier molecular flexibility index (Phi) is 3.86. The third kappa shape index (κ3) is 3.64. The Morgan fingerprint density at radius 1 is 1.86 bits per heavy atom. The molecule has 0 spiro atoms. The Morgan fingerprint density at radius 3 is 2.57 bits per heavy atom. The smallest absolute Gasteiger partial charge is 0.106 e. The minimum absolute atomic E-state index is 0.306. The monoisotopic (exact) mass is 106 g/mol. The molecule has 0 saturated heterocycles. The Morgan fingerprint density at radius 2 is 2.43 bits per heavy atom. The number of nitrogens with zero attached hydrogens (tertiary/aromatic N) is 1. The van der Waals surface area contributed by atoms with Crippen LogP contribution in [-0.4, -0.2) is 24.2 Å². The zero-order chi connectivity index (χ0) is 5.70. The highest BCUT2D eigenvalue weighted by Gasteiger charge is 1.75. The molecule has 0 aromatic carbocycles. The molecule has 5 nitrogen and oxygen atoms in total.